The van der Waals surface area contributed by atoms with E-state index in [2.05, 4.69) is 0 Å². The Balaban J connectivity index is 2.10. The number of rotatable bonds is 6. The van der Waals surface area contributed by atoms with Crippen LogP contribution >= 0.6 is 11.6 Å². The Labute approximate surface area is 181 Å². The second-order valence-corrected chi connectivity index (χ2v) is 7.29. The molecule has 0 aliphatic carbocycles. The van der Waals surface area contributed by atoms with Crippen molar-refractivity contribution < 1.29 is 32.9 Å². The zero-order valence-electron chi connectivity index (χ0n) is 16.3. The zero-order chi connectivity index (χ0) is 22.8. The highest BCUT2D eigenvalue weighted by Gasteiger charge is 2.32. The summed E-state index contributed by atoms with van der Waals surface area (Å²) in [5, 5.41) is 20.3. The van der Waals surface area contributed by atoms with Crippen LogP contribution in [0.15, 0.2) is 48.5 Å². The molecule has 0 fully saturated rings. The van der Waals surface area contributed by atoms with Crippen molar-refractivity contribution in [2.24, 2.45) is 0 Å². The van der Waals surface area contributed by atoms with E-state index in [0.29, 0.717) is 6.29 Å². The van der Waals surface area contributed by atoms with Crippen molar-refractivity contribution in [3.63, 3.8) is 0 Å². The van der Waals surface area contributed by atoms with Crippen molar-refractivity contribution in [2.75, 3.05) is 0 Å². The normalized spacial score (nSPS) is 11.5. The lowest BCUT2D eigenvalue weighted by molar-refractivity contribution is -0.137. The highest BCUT2D eigenvalue weighted by atomic mass is 35.5. The Morgan fingerprint density at radius 1 is 1.03 bits per heavy atom. The Hall–Kier alpha value is -3.03. The van der Waals surface area contributed by atoms with Gasteiger partial charge in [0.25, 0.3) is 0 Å². The van der Waals surface area contributed by atoms with Crippen LogP contribution in [0.4, 0.5) is 13.2 Å². The molecule has 0 amide bonds. The van der Waals surface area contributed by atoms with Gasteiger partial charge in [-0.1, -0.05) is 48.0 Å². The lowest BCUT2D eigenvalue weighted by Gasteiger charge is -2.20. The van der Waals surface area contributed by atoms with Gasteiger partial charge in [0.2, 0.25) is 0 Å². The van der Waals surface area contributed by atoms with Crippen molar-refractivity contribution >= 4 is 17.9 Å². The van der Waals surface area contributed by atoms with Crippen LogP contribution in [0.1, 0.15) is 32.6 Å². The first-order valence-electron chi connectivity index (χ1n) is 9.16. The fourth-order valence-corrected chi connectivity index (χ4v) is 3.58. The molecule has 2 N–H and O–H groups in total. The predicted octanol–water partition coefficient (Wildman–Crippen LogP) is 6.27. The summed E-state index contributed by atoms with van der Waals surface area (Å²) in [7, 11) is 0. The largest absolute Gasteiger partial charge is 0.504 e. The Morgan fingerprint density at radius 2 is 1.71 bits per heavy atom. The summed E-state index contributed by atoms with van der Waals surface area (Å²) in [6.07, 6.45) is -4.22. The van der Waals surface area contributed by atoms with E-state index in [0.717, 1.165) is 17.7 Å². The average Bonchev–Trinajstić information content (AvgIpc) is 2.73. The minimum atomic E-state index is -4.58. The Bertz CT molecular complexity index is 1110. The summed E-state index contributed by atoms with van der Waals surface area (Å²) in [5.74, 6) is -1.18. The maximum absolute atomic E-state index is 13.0. The number of hydrogen-bond donors (Lipinski definition) is 2. The summed E-state index contributed by atoms with van der Waals surface area (Å²) >= 11 is 6.16. The van der Waals surface area contributed by atoms with Crippen LogP contribution in [0, 0.1) is 6.92 Å². The fraction of sp³-hybridized carbons (Fsp3) is 0.174. The maximum Gasteiger partial charge on any atom is 0.416 e. The molecule has 31 heavy (non-hydrogen) atoms. The molecule has 162 valence electrons. The SMILES string of the molecule is Cc1c(O)c(O)c(C=O)c(COCc2ccccc2)c1-c1ccc(C(F)(F)F)cc1Cl. The third kappa shape index (κ3) is 4.68. The molecular formula is C23H18ClF3O4. The van der Waals surface area contributed by atoms with Crippen molar-refractivity contribution in [3.8, 4) is 22.6 Å². The zero-order valence-corrected chi connectivity index (χ0v) is 17.1. The van der Waals surface area contributed by atoms with Gasteiger partial charge in [0.1, 0.15) is 0 Å². The number of carbonyl (C=O) groups is 1. The number of phenols is 2. The van der Waals surface area contributed by atoms with Crippen LogP contribution < -0.4 is 0 Å². The Kier molecular flexibility index (Phi) is 6.57. The van der Waals surface area contributed by atoms with E-state index < -0.39 is 23.2 Å². The maximum atomic E-state index is 13.0. The van der Waals surface area contributed by atoms with Gasteiger partial charge in [-0.15, -0.1) is 0 Å². The summed E-state index contributed by atoms with van der Waals surface area (Å²) in [6.45, 7) is 1.51. The summed E-state index contributed by atoms with van der Waals surface area (Å²) < 4.78 is 44.8. The van der Waals surface area contributed by atoms with Crippen LogP contribution in [0.5, 0.6) is 11.5 Å². The molecule has 8 heteroatoms. The summed E-state index contributed by atoms with van der Waals surface area (Å²) in [4.78, 5) is 11.7. The monoisotopic (exact) mass is 450 g/mol. The number of hydrogen-bond acceptors (Lipinski definition) is 4. The van der Waals surface area contributed by atoms with E-state index in [1.807, 2.05) is 30.3 Å². The van der Waals surface area contributed by atoms with Crippen LogP contribution in [-0.4, -0.2) is 16.5 Å². The molecule has 0 aliphatic heterocycles. The number of aromatic hydroxyl groups is 2. The number of aldehydes is 1. The molecule has 0 bridgehead atoms. The van der Waals surface area contributed by atoms with Gasteiger partial charge in [-0.05, 0) is 30.2 Å². The second kappa shape index (κ2) is 8.99. The minimum Gasteiger partial charge on any atom is -0.504 e. The highest BCUT2D eigenvalue weighted by Crippen LogP contribution is 2.45. The van der Waals surface area contributed by atoms with Gasteiger partial charge in [-0.25, -0.2) is 0 Å². The smallest absolute Gasteiger partial charge is 0.416 e. The third-order valence-corrected chi connectivity index (χ3v) is 5.19. The van der Waals surface area contributed by atoms with Gasteiger partial charge in [-0.3, -0.25) is 4.79 Å². The molecular weight excluding hydrogens is 433 g/mol. The number of benzene rings is 3. The molecule has 3 aromatic carbocycles. The Morgan fingerprint density at radius 3 is 2.29 bits per heavy atom. The minimum absolute atomic E-state index is 0.148. The van der Waals surface area contributed by atoms with Gasteiger partial charge in [-0.2, -0.15) is 13.2 Å². The van der Waals surface area contributed by atoms with Crippen LogP contribution in [0.25, 0.3) is 11.1 Å². The molecule has 0 radical (unpaired) electrons. The molecule has 0 aliphatic rings. The van der Waals surface area contributed by atoms with Crippen molar-refractivity contribution in [2.45, 2.75) is 26.3 Å². The quantitative estimate of drug-likeness (QED) is 0.343. The molecule has 0 unspecified atom stereocenters. The molecule has 3 rings (SSSR count). The average molecular weight is 451 g/mol. The first kappa shape index (κ1) is 22.7. The van der Waals surface area contributed by atoms with Gasteiger partial charge < -0.3 is 14.9 Å². The van der Waals surface area contributed by atoms with Gasteiger partial charge >= 0.3 is 6.18 Å². The first-order chi connectivity index (χ1) is 14.6. The molecule has 0 heterocycles. The van der Waals surface area contributed by atoms with Crippen LogP contribution in [0.2, 0.25) is 5.02 Å². The molecule has 4 nitrogen and oxygen atoms in total. The standard InChI is InChI=1S/C23H18ClF3O4/c1-13-20(16-8-7-15(9-19(16)24)23(25,26)27)18(17(10-28)22(30)21(13)29)12-31-11-14-5-3-2-4-6-14/h2-10,29-30H,11-12H2,1H3. The van der Waals surface area contributed by atoms with Gasteiger partial charge in [0.05, 0.1) is 24.3 Å². The second-order valence-electron chi connectivity index (χ2n) is 6.88. The van der Waals surface area contributed by atoms with E-state index in [1.165, 1.54) is 13.0 Å². The van der Waals surface area contributed by atoms with E-state index in [1.54, 1.807) is 0 Å². The molecule has 0 saturated heterocycles. The number of halogens is 4. The fourth-order valence-electron chi connectivity index (χ4n) is 3.31. The van der Waals surface area contributed by atoms with E-state index in [-0.39, 0.29) is 46.1 Å². The van der Waals surface area contributed by atoms with E-state index >= 15 is 0 Å². The number of carbonyl (C=O) groups excluding carboxylic acids is 1. The molecule has 0 spiro atoms. The third-order valence-electron chi connectivity index (χ3n) is 4.88. The first-order valence-corrected chi connectivity index (χ1v) is 9.54. The lowest BCUT2D eigenvalue weighted by atomic mass is 9.90. The van der Waals surface area contributed by atoms with Gasteiger partial charge in [0.15, 0.2) is 17.8 Å². The number of alkyl halides is 3. The summed E-state index contributed by atoms with van der Waals surface area (Å²) in [6, 6.07) is 12.0. The van der Waals surface area contributed by atoms with E-state index in [4.69, 9.17) is 16.3 Å². The van der Waals surface area contributed by atoms with Crippen LogP contribution in [0.3, 0.4) is 0 Å². The topological polar surface area (TPSA) is 66.8 Å². The molecule has 0 aromatic heterocycles. The number of phenolic OH excluding ortho intramolecular Hbond substituents is 2. The van der Waals surface area contributed by atoms with Crippen molar-refractivity contribution in [1.29, 1.82) is 0 Å². The van der Waals surface area contributed by atoms with Gasteiger partial charge in [0, 0.05) is 21.7 Å². The highest BCUT2D eigenvalue weighted by molar-refractivity contribution is 6.33. The van der Waals surface area contributed by atoms with Crippen molar-refractivity contribution in [1.82, 2.24) is 0 Å². The molecule has 0 saturated carbocycles. The predicted molar refractivity (Wildman–Crippen MR) is 110 cm³/mol. The molecule has 0 atom stereocenters. The molecule has 3 aromatic rings. The lowest BCUT2D eigenvalue weighted by Crippen LogP contribution is -2.06. The van der Waals surface area contributed by atoms with E-state index in [9.17, 15) is 28.2 Å². The number of ether oxygens (including phenoxy) is 1. The van der Waals surface area contributed by atoms with Crippen molar-refractivity contribution in [3.05, 3.63) is 81.4 Å². The summed E-state index contributed by atoms with van der Waals surface area (Å²) in [5.41, 5.74) is 0.474. The van der Waals surface area contributed by atoms with Crippen LogP contribution in [-0.2, 0) is 24.1 Å².